The number of benzene rings is 1. The Balaban J connectivity index is 2.72. The highest BCUT2D eigenvalue weighted by Crippen LogP contribution is 2.30. The molecule has 2 amide bonds. The number of nitrogens with one attached hydrogen (secondary N) is 2. The van der Waals surface area contributed by atoms with E-state index in [9.17, 15) is 19.5 Å². The number of anilines is 1. The lowest BCUT2D eigenvalue weighted by atomic mass is 10.0. The Morgan fingerprint density at radius 3 is 2.30 bits per heavy atom. The van der Waals surface area contributed by atoms with Gasteiger partial charge in [-0.15, -0.1) is 0 Å². The zero-order valence-corrected chi connectivity index (χ0v) is 18.1. The number of ether oxygens (including phenoxy) is 1. The molecule has 0 aliphatic heterocycles. The van der Waals surface area contributed by atoms with Crippen molar-refractivity contribution in [2.24, 2.45) is 0 Å². The Bertz CT molecular complexity index is 741. The third-order valence-corrected chi connectivity index (χ3v) is 5.01. The second-order valence-corrected chi connectivity index (χ2v) is 8.24. The van der Waals surface area contributed by atoms with Crippen molar-refractivity contribution in [2.75, 3.05) is 5.32 Å². The molecule has 0 radical (unpaired) electrons. The number of amides is 2. The summed E-state index contributed by atoms with van der Waals surface area (Å²) in [5, 5.41) is 14.4. The molecule has 1 atom stereocenters. The molecular formula is C19H27BrN2O5. The number of hydrogen-bond donors (Lipinski definition) is 3. The van der Waals surface area contributed by atoms with Crippen LogP contribution in [0.5, 0.6) is 0 Å². The topological polar surface area (TPSA) is 105 Å². The van der Waals surface area contributed by atoms with Gasteiger partial charge in [-0.1, -0.05) is 22.0 Å². The molecule has 8 heteroatoms. The minimum Gasteiger partial charge on any atom is -0.480 e. The lowest BCUT2D eigenvalue weighted by Gasteiger charge is -2.22. The van der Waals surface area contributed by atoms with Crippen LogP contribution in [0, 0.1) is 20.8 Å². The minimum atomic E-state index is -1.22. The van der Waals surface area contributed by atoms with Crippen LogP contribution in [0.25, 0.3) is 0 Å². The number of rotatable bonds is 6. The number of aryl methyl sites for hydroxylation is 2. The molecule has 0 bridgehead atoms. The van der Waals surface area contributed by atoms with Crippen molar-refractivity contribution < 1.29 is 24.2 Å². The molecule has 150 valence electrons. The average molecular weight is 443 g/mol. The van der Waals surface area contributed by atoms with Gasteiger partial charge in [-0.25, -0.2) is 9.59 Å². The molecule has 0 aromatic heterocycles. The lowest BCUT2D eigenvalue weighted by Crippen LogP contribution is -2.43. The molecule has 0 saturated carbocycles. The summed E-state index contributed by atoms with van der Waals surface area (Å²) in [5.41, 5.74) is 2.85. The summed E-state index contributed by atoms with van der Waals surface area (Å²) in [6, 6.07) is 0.745. The Morgan fingerprint density at radius 1 is 1.19 bits per heavy atom. The third kappa shape index (κ3) is 7.21. The maximum atomic E-state index is 12.3. The molecule has 1 unspecified atom stereocenters. The lowest BCUT2D eigenvalue weighted by molar-refractivity contribution is -0.139. The van der Waals surface area contributed by atoms with Gasteiger partial charge in [0.2, 0.25) is 5.91 Å². The first-order valence-electron chi connectivity index (χ1n) is 8.60. The summed E-state index contributed by atoms with van der Waals surface area (Å²) >= 11 is 3.50. The van der Waals surface area contributed by atoms with Crippen LogP contribution >= 0.6 is 15.9 Å². The van der Waals surface area contributed by atoms with Crippen LogP contribution in [0.1, 0.15) is 50.3 Å². The molecule has 27 heavy (non-hydrogen) atoms. The van der Waals surface area contributed by atoms with Gasteiger partial charge in [-0.2, -0.15) is 0 Å². The Labute approximate surface area is 168 Å². The fraction of sp³-hybridized carbons (Fsp3) is 0.526. The fourth-order valence-corrected chi connectivity index (χ4v) is 2.85. The predicted octanol–water partition coefficient (Wildman–Crippen LogP) is 4.07. The van der Waals surface area contributed by atoms with Gasteiger partial charge in [0, 0.05) is 16.6 Å². The molecule has 3 N–H and O–H groups in total. The van der Waals surface area contributed by atoms with Gasteiger partial charge in [0.15, 0.2) is 0 Å². The maximum absolute atomic E-state index is 12.3. The number of halogens is 1. The van der Waals surface area contributed by atoms with Gasteiger partial charge in [0.05, 0.1) is 0 Å². The molecule has 0 saturated heterocycles. The van der Waals surface area contributed by atoms with E-state index in [1.54, 1.807) is 20.8 Å². The molecule has 0 heterocycles. The van der Waals surface area contributed by atoms with Crippen molar-refractivity contribution in [3.05, 3.63) is 27.2 Å². The normalized spacial score (nSPS) is 12.3. The number of carboxylic acid groups (broad SMARTS) is 1. The van der Waals surface area contributed by atoms with Gasteiger partial charge >= 0.3 is 12.1 Å². The number of carbonyl (C=O) groups is 3. The van der Waals surface area contributed by atoms with Crippen LogP contribution in [0.3, 0.4) is 0 Å². The number of carboxylic acids is 1. The molecule has 0 fully saturated rings. The van der Waals surface area contributed by atoms with E-state index in [0.29, 0.717) is 5.69 Å². The smallest absolute Gasteiger partial charge is 0.408 e. The highest BCUT2D eigenvalue weighted by Gasteiger charge is 2.24. The first kappa shape index (κ1) is 23.0. The first-order chi connectivity index (χ1) is 12.3. The molecular weight excluding hydrogens is 416 g/mol. The van der Waals surface area contributed by atoms with E-state index in [1.807, 2.05) is 26.8 Å². The van der Waals surface area contributed by atoms with Crippen LogP contribution in [0.15, 0.2) is 10.5 Å². The second kappa shape index (κ2) is 9.21. The number of alkyl carbamates (subject to hydrolysis) is 1. The van der Waals surface area contributed by atoms with E-state index >= 15 is 0 Å². The van der Waals surface area contributed by atoms with Crippen molar-refractivity contribution in [1.29, 1.82) is 0 Å². The van der Waals surface area contributed by atoms with Crippen LogP contribution in [-0.4, -0.2) is 34.7 Å². The van der Waals surface area contributed by atoms with E-state index < -0.39 is 23.7 Å². The van der Waals surface area contributed by atoms with Crippen LogP contribution in [0.2, 0.25) is 0 Å². The highest BCUT2D eigenvalue weighted by atomic mass is 79.9. The van der Waals surface area contributed by atoms with E-state index in [-0.39, 0.29) is 18.7 Å². The standard InChI is InChI=1S/C19H27BrN2O5/c1-10-9-11(2)16(12(3)15(10)20)22-14(23)8-7-13(17(24)25)21-18(26)27-19(4,5)6/h9,13H,7-8H2,1-6H3,(H,21,26)(H,22,23)(H,24,25). The fourth-order valence-electron chi connectivity index (χ4n) is 2.54. The largest absolute Gasteiger partial charge is 0.480 e. The Morgan fingerprint density at radius 2 is 1.78 bits per heavy atom. The van der Waals surface area contributed by atoms with Crippen LogP contribution < -0.4 is 10.6 Å². The van der Waals surface area contributed by atoms with Crippen LogP contribution in [-0.2, 0) is 14.3 Å². The zero-order chi connectivity index (χ0) is 20.9. The highest BCUT2D eigenvalue weighted by molar-refractivity contribution is 9.10. The number of aliphatic carboxylic acids is 1. The monoisotopic (exact) mass is 442 g/mol. The molecule has 1 rings (SSSR count). The summed E-state index contributed by atoms with van der Waals surface area (Å²) in [6.45, 7) is 10.8. The summed E-state index contributed by atoms with van der Waals surface area (Å²) in [6.07, 6.45) is -0.938. The zero-order valence-electron chi connectivity index (χ0n) is 16.5. The predicted molar refractivity (Wildman–Crippen MR) is 107 cm³/mol. The summed E-state index contributed by atoms with van der Waals surface area (Å²) in [4.78, 5) is 35.4. The number of hydrogen-bond acceptors (Lipinski definition) is 4. The Hall–Kier alpha value is -2.09. The van der Waals surface area contributed by atoms with Crippen molar-refractivity contribution in [3.63, 3.8) is 0 Å². The molecule has 1 aromatic rings. The van der Waals surface area contributed by atoms with Gasteiger partial charge in [0.1, 0.15) is 11.6 Å². The summed E-state index contributed by atoms with van der Waals surface area (Å²) in [5.74, 6) is -1.55. The van der Waals surface area contributed by atoms with E-state index in [2.05, 4.69) is 26.6 Å². The van der Waals surface area contributed by atoms with E-state index in [0.717, 1.165) is 21.2 Å². The van der Waals surface area contributed by atoms with Crippen molar-refractivity contribution >= 4 is 39.6 Å². The average Bonchev–Trinajstić information content (AvgIpc) is 2.51. The SMILES string of the molecule is Cc1cc(C)c(NC(=O)CCC(NC(=O)OC(C)(C)C)C(=O)O)c(C)c1Br. The van der Waals surface area contributed by atoms with Crippen molar-refractivity contribution in [2.45, 2.75) is 66.0 Å². The van der Waals surface area contributed by atoms with E-state index in [4.69, 9.17) is 4.74 Å². The molecule has 1 aromatic carbocycles. The third-order valence-electron chi connectivity index (χ3n) is 3.79. The van der Waals surface area contributed by atoms with Gasteiger partial charge in [0.25, 0.3) is 0 Å². The molecule has 0 spiro atoms. The molecule has 0 aliphatic rings. The summed E-state index contributed by atoms with van der Waals surface area (Å²) < 4.78 is 5.97. The van der Waals surface area contributed by atoms with Crippen molar-refractivity contribution in [1.82, 2.24) is 5.32 Å². The van der Waals surface area contributed by atoms with Crippen LogP contribution in [0.4, 0.5) is 10.5 Å². The minimum absolute atomic E-state index is 0.0501. The maximum Gasteiger partial charge on any atom is 0.408 e. The van der Waals surface area contributed by atoms with Gasteiger partial charge in [-0.3, -0.25) is 4.79 Å². The van der Waals surface area contributed by atoms with Crippen molar-refractivity contribution in [3.8, 4) is 0 Å². The second-order valence-electron chi connectivity index (χ2n) is 7.45. The van der Waals surface area contributed by atoms with Gasteiger partial charge in [-0.05, 0) is 64.7 Å². The summed E-state index contributed by atoms with van der Waals surface area (Å²) in [7, 11) is 0. The Kier molecular flexibility index (Phi) is 7.83. The first-order valence-corrected chi connectivity index (χ1v) is 9.39. The molecule has 0 aliphatic carbocycles. The molecule has 7 nitrogen and oxygen atoms in total. The van der Waals surface area contributed by atoms with Gasteiger partial charge < -0.3 is 20.5 Å². The van der Waals surface area contributed by atoms with E-state index in [1.165, 1.54) is 0 Å². The quantitative estimate of drug-likeness (QED) is 0.615. The number of carbonyl (C=O) groups excluding carboxylic acids is 2.